The Morgan fingerprint density at radius 3 is 2.14 bits per heavy atom. The van der Waals surface area contributed by atoms with Gasteiger partial charge in [-0.25, -0.2) is 0 Å². The Morgan fingerprint density at radius 2 is 1.86 bits per heavy atom. The maximum atomic E-state index is 12.1. The fourth-order valence-electron chi connectivity index (χ4n) is 1.31. The molecule has 0 aliphatic heterocycles. The van der Waals surface area contributed by atoms with E-state index in [1.807, 2.05) is 0 Å². The van der Waals surface area contributed by atoms with Crippen LogP contribution in [0, 0.1) is 5.92 Å². The van der Waals surface area contributed by atoms with Gasteiger partial charge in [0.05, 0.1) is 13.0 Å². The standard InChI is InChI=1S/C9H19O4P/c1-6-14(11,13-5)8(3)7(2)9(10)12-4/h7-8H,6H2,1-5H3. The van der Waals surface area contributed by atoms with Gasteiger partial charge in [-0.2, -0.15) is 0 Å². The van der Waals surface area contributed by atoms with Gasteiger partial charge in [0.25, 0.3) is 0 Å². The third-order valence-corrected chi connectivity index (χ3v) is 5.85. The summed E-state index contributed by atoms with van der Waals surface area (Å²) in [6.07, 6.45) is 0.437. The van der Waals surface area contributed by atoms with Crippen LogP contribution in [0.1, 0.15) is 20.8 Å². The first-order valence-electron chi connectivity index (χ1n) is 4.65. The van der Waals surface area contributed by atoms with Gasteiger partial charge in [0.2, 0.25) is 7.37 Å². The number of carbonyl (C=O) groups is 1. The van der Waals surface area contributed by atoms with E-state index in [4.69, 9.17) is 4.52 Å². The highest BCUT2D eigenvalue weighted by Gasteiger charge is 2.35. The van der Waals surface area contributed by atoms with E-state index >= 15 is 0 Å². The molecule has 0 spiro atoms. The first-order valence-corrected chi connectivity index (χ1v) is 6.53. The average Bonchev–Trinajstić information content (AvgIpc) is 2.24. The molecule has 0 saturated carbocycles. The zero-order chi connectivity index (χ0) is 11.4. The monoisotopic (exact) mass is 222 g/mol. The second-order valence-corrected chi connectivity index (χ2v) is 6.54. The number of esters is 1. The van der Waals surface area contributed by atoms with E-state index in [0.717, 1.165) is 0 Å². The highest BCUT2D eigenvalue weighted by atomic mass is 31.2. The molecule has 0 amide bonds. The summed E-state index contributed by atoms with van der Waals surface area (Å²) in [5, 5.41) is 0. The van der Waals surface area contributed by atoms with E-state index in [1.165, 1.54) is 14.2 Å². The van der Waals surface area contributed by atoms with Crippen molar-refractivity contribution in [3.8, 4) is 0 Å². The largest absolute Gasteiger partial charge is 0.469 e. The number of ether oxygens (including phenoxy) is 1. The molecule has 4 nitrogen and oxygen atoms in total. The molecule has 0 aromatic heterocycles. The smallest absolute Gasteiger partial charge is 0.309 e. The summed E-state index contributed by atoms with van der Waals surface area (Å²) >= 11 is 0. The van der Waals surface area contributed by atoms with Crippen LogP contribution < -0.4 is 0 Å². The van der Waals surface area contributed by atoms with E-state index < -0.39 is 13.3 Å². The molecule has 0 N–H and O–H groups in total. The molecule has 0 rings (SSSR count). The number of hydrogen-bond acceptors (Lipinski definition) is 4. The molecule has 3 atom stereocenters. The third-order valence-electron chi connectivity index (χ3n) is 2.67. The van der Waals surface area contributed by atoms with Gasteiger partial charge in [-0.1, -0.05) is 20.8 Å². The minimum Gasteiger partial charge on any atom is -0.469 e. The van der Waals surface area contributed by atoms with Crippen molar-refractivity contribution < 1.29 is 18.6 Å². The highest BCUT2D eigenvalue weighted by molar-refractivity contribution is 7.59. The van der Waals surface area contributed by atoms with Gasteiger partial charge in [-0.15, -0.1) is 0 Å². The molecule has 0 radical (unpaired) electrons. The van der Waals surface area contributed by atoms with Crippen molar-refractivity contribution in [3.63, 3.8) is 0 Å². The molecule has 5 heteroatoms. The number of rotatable bonds is 5. The Labute approximate surface area is 85.4 Å². The summed E-state index contributed by atoms with van der Waals surface area (Å²) < 4.78 is 21.7. The number of hydrogen-bond donors (Lipinski definition) is 0. The highest BCUT2D eigenvalue weighted by Crippen LogP contribution is 2.53. The van der Waals surface area contributed by atoms with E-state index in [0.29, 0.717) is 6.16 Å². The van der Waals surface area contributed by atoms with Crippen molar-refractivity contribution in [2.75, 3.05) is 20.4 Å². The maximum absolute atomic E-state index is 12.1. The topological polar surface area (TPSA) is 52.6 Å². The normalized spacial score (nSPS) is 19.5. The second-order valence-electron chi connectivity index (χ2n) is 3.28. The lowest BCUT2D eigenvalue weighted by Gasteiger charge is -2.25. The average molecular weight is 222 g/mol. The van der Waals surface area contributed by atoms with Gasteiger partial charge in [-0.05, 0) is 0 Å². The summed E-state index contributed by atoms with van der Waals surface area (Å²) in [5.74, 6) is -0.742. The van der Waals surface area contributed by atoms with Crippen LogP contribution in [0.15, 0.2) is 0 Å². The fraction of sp³-hybridized carbons (Fsp3) is 0.889. The first kappa shape index (κ1) is 13.7. The Hall–Kier alpha value is -0.340. The zero-order valence-electron chi connectivity index (χ0n) is 9.44. The van der Waals surface area contributed by atoms with Crippen LogP contribution in [-0.4, -0.2) is 32.0 Å². The molecule has 0 aliphatic rings. The molecule has 0 aromatic rings. The number of carbonyl (C=O) groups excluding carboxylic acids is 1. The van der Waals surface area contributed by atoms with E-state index in [9.17, 15) is 9.36 Å². The maximum Gasteiger partial charge on any atom is 0.309 e. The molecule has 0 fully saturated rings. The summed E-state index contributed by atoms with van der Waals surface area (Å²) in [6, 6.07) is 0. The fourth-order valence-corrected chi connectivity index (χ4v) is 3.28. The van der Waals surface area contributed by atoms with Gasteiger partial charge in [0.15, 0.2) is 0 Å². The van der Waals surface area contributed by atoms with Crippen LogP contribution in [0.2, 0.25) is 0 Å². The lowest BCUT2D eigenvalue weighted by molar-refractivity contribution is -0.144. The minimum absolute atomic E-state index is 0.301. The van der Waals surface area contributed by atoms with Crippen LogP contribution in [0.25, 0.3) is 0 Å². The summed E-state index contributed by atoms with van der Waals surface area (Å²) in [7, 11) is 0.0538. The van der Waals surface area contributed by atoms with Crippen molar-refractivity contribution in [2.45, 2.75) is 26.4 Å². The van der Waals surface area contributed by atoms with E-state index in [2.05, 4.69) is 4.74 Å². The van der Waals surface area contributed by atoms with E-state index in [-0.39, 0.29) is 11.6 Å². The van der Waals surface area contributed by atoms with Crippen molar-refractivity contribution in [1.29, 1.82) is 0 Å². The van der Waals surface area contributed by atoms with Crippen molar-refractivity contribution >= 4 is 13.3 Å². The number of methoxy groups -OCH3 is 1. The molecule has 0 heterocycles. The van der Waals surface area contributed by atoms with Crippen LogP contribution in [0.3, 0.4) is 0 Å². The van der Waals surface area contributed by atoms with Gasteiger partial charge >= 0.3 is 5.97 Å². The SMILES string of the molecule is CCP(=O)(OC)C(C)C(C)C(=O)OC. The molecule has 0 aliphatic carbocycles. The summed E-state index contributed by atoms with van der Waals surface area (Å²) in [6.45, 7) is 5.26. The van der Waals surface area contributed by atoms with Crippen LogP contribution in [-0.2, 0) is 18.6 Å². The molecular weight excluding hydrogens is 203 g/mol. The Balaban J connectivity index is 4.67. The zero-order valence-corrected chi connectivity index (χ0v) is 10.3. The molecule has 84 valence electrons. The summed E-state index contributed by atoms with van der Waals surface area (Å²) in [4.78, 5) is 11.2. The lowest BCUT2D eigenvalue weighted by Crippen LogP contribution is -2.25. The lowest BCUT2D eigenvalue weighted by atomic mass is 10.1. The quantitative estimate of drug-likeness (QED) is 0.528. The van der Waals surface area contributed by atoms with E-state index in [1.54, 1.807) is 20.8 Å². The molecule has 0 bridgehead atoms. The van der Waals surface area contributed by atoms with Gasteiger partial charge in [0, 0.05) is 18.9 Å². The first-order chi connectivity index (χ1) is 6.42. The Kier molecular flexibility index (Phi) is 5.38. The second kappa shape index (κ2) is 5.52. The molecule has 0 aromatic carbocycles. The predicted octanol–water partition coefficient (Wildman–Crippen LogP) is 2.13. The third kappa shape index (κ3) is 2.82. The van der Waals surface area contributed by atoms with Gasteiger partial charge in [-0.3, -0.25) is 9.36 Å². The van der Waals surface area contributed by atoms with Gasteiger partial charge < -0.3 is 9.26 Å². The van der Waals surface area contributed by atoms with Gasteiger partial charge in [0.1, 0.15) is 0 Å². The molecule has 14 heavy (non-hydrogen) atoms. The van der Waals surface area contributed by atoms with Crippen molar-refractivity contribution in [3.05, 3.63) is 0 Å². The molecule has 3 unspecified atom stereocenters. The Morgan fingerprint density at radius 1 is 1.36 bits per heavy atom. The summed E-state index contributed by atoms with van der Waals surface area (Å²) in [5.41, 5.74) is -0.301. The minimum atomic E-state index is -2.70. The molecular formula is C9H19O4P. The Bertz CT molecular complexity index is 231. The van der Waals surface area contributed by atoms with Crippen LogP contribution in [0.4, 0.5) is 0 Å². The predicted molar refractivity (Wildman–Crippen MR) is 55.8 cm³/mol. The molecule has 0 saturated heterocycles. The van der Waals surface area contributed by atoms with Crippen molar-refractivity contribution in [1.82, 2.24) is 0 Å². The van der Waals surface area contributed by atoms with Crippen molar-refractivity contribution in [2.24, 2.45) is 5.92 Å². The van der Waals surface area contributed by atoms with Crippen LogP contribution >= 0.6 is 7.37 Å². The van der Waals surface area contributed by atoms with Crippen LogP contribution in [0.5, 0.6) is 0 Å².